The van der Waals surface area contributed by atoms with Crippen molar-refractivity contribution in [1.29, 1.82) is 0 Å². The number of aromatic nitrogens is 1. The first-order valence-electron chi connectivity index (χ1n) is 3.41. The van der Waals surface area contributed by atoms with Gasteiger partial charge in [0.15, 0.2) is 17.3 Å². The lowest BCUT2D eigenvalue weighted by Gasteiger charge is -2.05. The van der Waals surface area contributed by atoms with Crippen LogP contribution in [0, 0.1) is 5.82 Å². The second-order valence-corrected chi connectivity index (χ2v) is 2.40. The minimum Gasteiger partial charge on any atom is -0.476 e. The number of nitrogens with zero attached hydrogens (tertiary/aromatic N) is 1. The van der Waals surface area contributed by atoms with Crippen LogP contribution in [0.5, 0.6) is 0 Å². The van der Waals surface area contributed by atoms with Gasteiger partial charge in [-0.1, -0.05) is 0 Å². The topological polar surface area (TPSA) is 76.2 Å². The zero-order valence-electron chi connectivity index (χ0n) is 6.67. The molecule has 0 aliphatic carbocycles. The summed E-state index contributed by atoms with van der Waals surface area (Å²) in [5.41, 5.74) is 3.02. The summed E-state index contributed by atoms with van der Waals surface area (Å²) >= 11 is 0. The van der Waals surface area contributed by atoms with E-state index in [0.29, 0.717) is 6.07 Å². The Bertz CT molecular complexity index is 381. The van der Waals surface area contributed by atoms with Crippen LogP contribution in [0.2, 0.25) is 0 Å². The molecule has 0 saturated heterocycles. The quantitative estimate of drug-likeness (QED) is 0.767. The third kappa shape index (κ3) is 1.76. The average molecular weight is 206 g/mol. The zero-order chi connectivity index (χ0) is 10.9. The Kier molecular flexibility index (Phi) is 2.59. The first kappa shape index (κ1) is 10.3. The third-order valence-corrected chi connectivity index (χ3v) is 1.47. The van der Waals surface area contributed by atoms with Crippen LogP contribution in [0.1, 0.15) is 22.5 Å². The number of aromatic carboxylic acids is 1. The summed E-state index contributed by atoms with van der Waals surface area (Å²) in [7, 11) is 0. The first-order chi connectivity index (χ1) is 6.43. The van der Waals surface area contributed by atoms with E-state index in [4.69, 9.17) is 10.8 Å². The van der Waals surface area contributed by atoms with Crippen molar-refractivity contribution in [2.45, 2.75) is 6.43 Å². The number of carboxylic acids is 1. The number of rotatable bonds is 2. The van der Waals surface area contributed by atoms with Crippen molar-refractivity contribution in [2.75, 3.05) is 5.73 Å². The van der Waals surface area contributed by atoms with Crippen LogP contribution in [-0.4, -0.2) is 16.1 Å². The second-order valence-electron chi connectivity index (χ2n) is 2.40. The molecule has 0 aromatic carbocycles. The van der Waals surface area contributed by atoms with Gasteiger partial charge in [-0.15, -0.1) is 0 Å². The molecule has 0 atom stereocenters. The fraction of sp³-hybridized carbons (Fsp3) is 0.143. The number of halogens is 3. The van der Waals surface area contributed by atoms with Crippen molar-refractivity contribution in [3.63, 3.8) is 0 Å². The molecule has 0 spiro atoms. The number of carboxylic acid groups (broad SMARTS) is 1. The van der Waals surface area contributed by atoms with E-state index in [-0.39, 0.29) is 0 Å². The Morgan fingerprint density at radius 3 is 2.57 bits per heavy atom. The number of carbonyl (C=O) groups is 1. The minimum absolute atomic E-state index is 0.371. The number of alkyl halides is 2. The van der Waals surface area contributed by atoms with Crippen molar-refractivity contribution in [3.8, 4) is 0 Å². The normalized spacial score (nSPS) is 10.6. The molecule has 3 N–H and O–H groups in total. The highest BCUT2D eigenvalue weighted by atomic mass is 19.3. The fourth-order valence-corrected chi connectivity index (χ4v) is 0.855. The zero-order valence-corrected chi connectivity index (χ0v) is 6.67. The predicted octanol–water partition coefficient (Wildman–Crippen LogP) is 1.44. The maximum Gasteiger partial charge on any atom is 0.355 e. The summed E-state index contributed by atoms with van der Waals surface area (Å²) in [6.07, 6.45) is -3.11. The number of pyridine rings is 1. The van der Waals surface area contributed by atoms with Gasteiger partial charge < -0.3 is 10.8 Å². The summed E-state index contributed by atoms with van der Waals surface area (Å²) in [4.78, 5) is 13.4. The van der Waals surface area contributed by atoms with Gasteiger partial charge in [0.2, 0.25) is 0 Å². The van der Waals surface area contributed by atoms with Crippen LogP contribution in [0.3, 0.4) is 0 Å². The molecule has 0 saturated carbocycles. The Morgan fingerprint density at radius 1 is 1.57 bits per heavy atom. The van der Waals surface area contributed by atoms with Crippen LogP contribution in [0.25, 0.3) is 0 Å². The number of hydrogen-bond acceptors (Lipinski definition) is 3. The van der Waals surface area contributed by atoms with Gasteiger partial charge in [-0.3, -0.25) is 0 Å². The first-order valence-corrected chi connectivity index (χ1v) is 3.41. The monoisotopic (exact) mass is 206 g/mol. The van der Waals surface area contributed by atoms with Crippen LogP contribution < -0.4 is 5.73 Å². The molecule has 0 unspecified atom stereocenters. The maximum atomic E-state index is 12.7. The molecule has 1 rings (SSSR count). The van der Waals surface area contributed by atoms with Crippen LogP contribution in [0.15, 0.2) is 6.07 Å². The van der Waals surface area contributed by atoms with E-state index in [1.807, 2.05) is 0 Å². The van der Waals surface area contributed by atoms with Gasteiger partial charge in [-0.05, 0) is 6.07 Å². The highest BCUT2D eigenvalue weighted by Gasteiger charge is 2.21. The number of nitrogen functional groups attached to an aromatic ring is 1. The molecular formula is C7H5F3N2O2. The van der Waals surface area contributed by atoms with Crippen molar-refractivity contribution in [3.05, 3.63) is 23.1 Å². The summed E-state index contributed by atoms with van der Waals surface area (Å²) in [6, 6.07) is 0.371. The van der Waals surface area contributed by atoms with Gasteiger partial charge in [0.05, 0.1) is 5.56 Å². The van der Waals surface area contributed by atoms with Crippen molar-refractivity contribution >= 4 is 11.8 Å². The molecule has 0 amide bonds. The molecule has 1 heterocycles. The molecule has 76 valence electrons. The lowest BCUT2D eigenvalue weighted by atomic mass is 10.2. The van der Waals surface area contributed by atoms with Gasteiger partial charge in [0, 0.05) is 0 Å². The summed E-state index contributed by atoms with van der Waals surface area (Å²) in [5.74, 6) is -3.55. The Labute approximate surface area is 76.2 Å². The molecular weight excluding hydrogens is 201 g/mol. The smallest absolute Gasteiger partial charge is 0.355 e. The highest BCUT2D eigenvalue weighted by Crippen LogP contribution is 2.24. The highest BCUT2D eigenvalue weighted by molar-refractivity contribution is 5.87. The molecule has 0 fully saturated rings. The van der Waals surface area contributed by atoms with E-state index < -0.39 is 35.3 Å². The standard InChI is InChI=1S/C7H5F3N2O2/c8-3-1-2(5(9)10)4(7(13)14)12-6(3)11/h1,5H,(H2,11,12)(H,13,14). The summed E-state index contributed by atoms with van der Waals surface area (Å²) < 4.78 is 37.0. The Hall–Kier alpha value is -1.79. The summed E-state index contributed by atoms with van der Waals surface area (Å²) in [6.45, 7) is 0. The molecule has 0 radical (unpaired) electrons. The maximum absolute atomic E-state index is 12.7. The number of anilines is 1. The van der Waals surface area contributed by atoms with E-state index in [1.54, 1.807) is 0 Å². The predicted molar refractivity (Wildman–Crippen MR) is 40.5 cm³/mol. The lowest BCUT2D eigenvalue weighted by Crippen LogP contribution is -2.10. The van der Waals surface area contributed by atoms with E-state index in [0.717, 1.165) is 0 Å². The van der Waals surface area contributed by atoms with E-state index in [1.165, 1.54) is 0 Å². The molecule has 0 aliphatic rings. The van der Waals surface area contributed by atoms with Crippen molar-refractivity contribution < 1.29 is 23.1 Å². The Morgan fingerprint density at radius 2 is 2.14 bits per heavy atom. The molecule has 4 nitrogen and oxygen atoms in total. The molecule has 0 aliphatic heterocycles. The van der Waals surface area contributed by atoms with Crippen LogP contribution >= 0.6 is 0 Å². The largest absolute Gasteiger partial charge is 0.476 e. The van der Waals surface area contributed by atoms with Gasteiger partial charge >= 0.3 is 5.97 Å². The van der Waals surface area contributed by atoms with Gasteiger partial charge in [0.25, 0.3) is 6.43 Å². The van der Waals surface area contributed by atoms with E-state index in [9.17, 15) is 18.0 Å². The van der Waals surface area contributed by atoms with E-state index in [2.05, 4.69) is 4.98 Å². The van der Waals surface area contributed by atoms with Gasteiger partial charge in [0.1, 0.15) is 0 Å². The molecule has 7 heteroatoms. The molecule has 1 aromatic rings. The second kappa shape index (κ2) is 3.52. The minimum atomic E-state index is -3.11. The molecule has 14 heavy (non-hydrogen) atoms. The average Bonchev–Trinajstić information content (AvgIpc) is 2.08. The van der Waals surface area contributed by atoms with Gasteiger partial charge in [-0.2, -0.15) is 0 Å². The van der Waals surface area contributed by atoms with Crippen LogP contribution in [-0.2, 0) is 0 Å². The third-order valence-electron chi connectivity index (χ3n) is 1.47. The van der Waals surface area contributed by atoms with Crippen LogP contribution in [0.4, 0.5) is 19.0 Å². The number of hydrogen-bond donors (Lipinski definition) is 2. The van der Waals surface area contributed by atoms with Crippen molar-refractivity contribution in [1.82, 2.24) is 4.98 Å². The Balaban J connectivity index is 3.39. The molecule has 1 aromatic heterocycles. The summed E-state index contributed by atoms with van der Waals surface area (Å²) in [5, 5.41) is 8.46. The SMILES string of the molecule is Nc1nc(C(=O)O)c(C(F)F)cc1F. The van der Waals surface area contributed by atoms with E-state index >= 15 is 0 Å². The van der Waals surface area contributed by atoms with Gasteiger partial charge in [-0.25, -0.2) is 22.9 Å². The number of nitrogens with two attached hydrogens (primary N) is 1. The molecule has 0 bridgehead atoms. The fourth-order valence-electron chi connectivity index (χ4n) is 0.855. The van der Waals surface area contributed by atoms with Crippen molar-refractivity contribution in [2.24, 2.45) is 0 Å². The lowest BCUT2D eigenvalue weighted by molar-refractivity contribution is 0.0677.